The van der Waals surface area contributed by atoms with Gasteiger partial charge in [0.25, 0.3) is 0 Å². The van der Waals surface area contributed by atoms with Gasteiger partial charge in [-0.05, 0) is 59.6 Å². The van der Waals surface area contributed by atoms with E-state index in [1.807, 2.05) is 11.4 Å². The van der Waals surface area contributed by atoms with Gasteiger partial charge in [-0.2, -0.15) is 0 Å². The largest absolute Gasteiger partial charge is 0.312 e. The lowest BCUT2D eigenvalue weighted by atomic mass is 10.0. The minimum atomic E-state index is -2.94. The Hall–Kier alpha value is 0.0900. The summed E-state index contributed by atoms with van der Waals surface area (Å²) in [6, 6.07) is 2.07. The van der Waals surface area contributed by atoms with Crippen LogP contribution in [0, 0.1) is 0 Å². The molecule has 0 radical (unpaired) electrons. The first kappa shape index (κ1) is 16.5. The lowest BCUT2D eigenvalue weighted by molar-refractivity contribution is 0.435. The van der Waals surface area contributed by atoms with Crippen molar-refractivity contribution in [2.75, 3.05) is 12.3 Å². The summed E-state index contributed by atoms with van der Waals surface area (Å²) in [6.07, 6.45) is 4.46. The molecule has 6 heteroatoms. The van der Waals surface area contributed by atoms with Crippen LogP contribution in [0.25, 0.3) is 0 Å². The summed E-state index contributed by atoms with van der Waals surface area (Å²) in [7, 11) is -2.94. The maximum absolute atomic E-state index is 12.4. The van der Waals surface area contributed by atoms with Crippen LogP contribution >= 0.6 is 27.3 Å². The SMILES string of the molecule is CCCNC(Cc1sccc1Br)C1CCCCS1(=O)=O. The Bertz CT molecular complexity index is 527. The van der Waals surface area contributed by atoms with Crippen molar-refractivity contribution >= 4 is 37.1 Å². The van der Waals surface area contributed by atoms with E-state index in [-0.39, 0.29) is 11.3 Å². The Balaban J connectivity index is 2.16. The number of rotatable bonds is 6. The molecular weight excluding hydrogens is 358 g/mol. The second-order valence-corrected chi connectivity index (χ2v) is 9.55. The maximum atomic E-state index is 12.4. The van der Waals surface area contributed by atoms with Gasteiger partial charge in [0, 0.05) is 15.4 Å². The van der Waals surface area contributed by atoms with Crippen LogP contribution in [0.1, 0.15) is 37.5 Å². The first-order valence-corrected chi connectivity index (χ1v) is 10.6. The van der Waals surface area contributed by atoms with Crippen molar-refractivity contribution in [1.29, 1.82) is 0 Å². The standard InChI is InChI=1S/C14H22BrNO2S2/c1-2-7-16-12(10-13-11(15)6-8-19-13)14-5-3-4-9-20(14,17)18/h6,8,12,14,16H,2-5,7,9-10H2,1H3. The van der Waals surface area contributed by atoms with E-state index in [1.165, 1.54) is 4.88 Å². The van der Waals surface area contributed by atoms with Gasteiger partial charge in [0.15, 0.2) is 9.84 Å². The van der Waals surface area contributed by atoms with Crippen molar-refractivity contribution < 1.29 is 8.42 Å². The van der Waals surface area contributed by atoms with E-state index in [9.17, 15) is 8.42 Å². The third-order valence-corrected chi connectivity index (χ3v) is 8.12. The van der Waals surface area contributed by atoms with Gasteiger partial charge in [0.1, 0.15) is 0 Å². The monoisotopic (exact) mass is 379 g/mol. The zero-order chi connectivity index (χ0) is 14.6. The third kappa shape index (κ3) is 4.06. The fourth-order valence-electron chi connectivity index (χ4n) is 2.77. The summed E-state index contributed by atoms with van der Waals surface area (Å²) in [5.41, 5.74) is 0. The van der Waals surface area contributed by atoms with Crippen LogP contribution in [-0.2, 0) is 16.3 Å². The zero-order valence-electron chi connectivity index (χ0n) is 11.8. The molecule has 1 aliphatic heterocycles. The van der Waals surface area contributed by atoms with Crippen molar-refractivity contribution in [2.45, 2.75) is 50.3 Å². The number of hydrogen-bond acceptors (Lipinski definition) is 4. The van der Waals surface area contributed by atoms with Gasteiger partial charge in [-0.3, -0.25) is 0 Å². The van der Waals surface area contributed by atoms with Gasteiger partial charge in [0.05, 0.1) is 11.0 Å². The van der Waals surface area contributed by atoms with Gasteiger partial charge in [-0.15, -0.1) is 11.3 Å². The molecule has 20 heavy (non-hydrogen) atoms. The highest BCUT2D eigenvalue weighted by atomic mass is 79.9. The maximum Gasteiger partial charge on any atom is 0.154 e. The van der Waals surface area contributed by atoms with Crippen LogP contribution in [-0.4, -0.2) is 32.0 Å². The van der Waals surface area contributed by atoms with Crippen LogP contribution in [0.4, 0.5) is 0 Å². The molecule has 1 fully saturated rings. The zero-order valence-corrected chi connectivity index (χ0v) is 15.0. The lowest BCUT2D eigenvalue weighted by Crippen LogP contribution is -2.48. The minimum absolute atomic E-state index is 0.0372. The van der Waals surface area contributed by atoms with Crippen LogP contribution < -0.4 is 5.32 Å². The summed E-state index contributed by atoms with van der Waals surface area (Å²) in [5.74, 6) is 0.355. The van der Waals surface area contributed by atoms with Crippen LogP contribution in [0.5, 0.6) is 0 Å². The third-order valence-electron chi connectivity index (χ3n) is 3.83. The molecular formula is C14H22BrNO2S2. The van der Waals surface area contributed by atoms with Crippen LogP contribution in [0.15, 0.2) is 15.9 Å². The molecule has 0 aliphatic carbocycles. The average molecular weight is 380 g/mol. The molecule has 114 valence electrons. The predicted molar refractivity (Wildman–Crippen MR) is 89.2 cm³/mol. The summed E-state index contributed by atoms with van der Waals surface area (Å²) in [5, 5.41) is 5.29. The van der Waals surface area contributed by atoms with Crippen LogP contribution in [0.2, 0.25) is 0 Å². The summed E-state index contributed by atoms with van der Waals surface area (Å²) in [6.45, 7) is 2.99. The second-order valence-electron chi connectivity index (χ2n) is 5.36. The number of sulfone groups is 1. The van der Waals surface area contributed by atoms with E-state index in [0.29, 0.717) is 5.75 Å². The Kier molecular flexibility index (Phi) is 6.08. The van der Waals surface area contributed by atoms with E-state index in [1.54, 1.807) is 11.3 Å². The van der Waals surface area contributed by atoms with Gasteiger partial charge in [0.2, 0.25) is 0 Å². The number of nitrogens with one attached hydrogen (secondary N) is 1. The lowest BCUT2D eigenvalue weighted by Gasteiger charge is -2.30. The summed E-state index contributed by atoms with van der Waals surface area (Å²) in [4.78, 5) is 1.24. The molecule has 0 spiro atoms. The fraction of sp³-hybridized carbons (Fsp3) is 0.714. The van der Waals surface area contributed by atoms with E-state index in [4.69, 9.17) is 0 Å². The fourth-order valence-corrected chi connectivity index (χ4v) is 6.47. The molecule has 1 aromatic heterocycles. The molecule has 0 bridgehead atoms. The molecule has 3 nitrogen and oxygen atoms in total. The number of thiophene rings is 1. The smallest absolute Gasteiger partial charge is 0.154 e. The van der Waals surface area contributed by atoms with Crippen molar-refractivity contribution in [3.63, 3.8) is 0 Å². The summed E-state index contributed by atoms with van der Waals surface area (Å²) < 4.78 is 25.8. The Labute approximate surface area is 134 Å². The van der Waals surface area contributed by atoms with Gasteiger partial charge in [-0.25, -0.2) is 8.42 Å². The van der Waals surface area contributed by atoms with E-state index < -0.39 is 9.84 Å². The molecule has 2 rings (SSSR count). The van der Waals surface area contributed by atoms with Gasteiger partial charge in [-0.1, -0.05) is 13.3 Å². The van der Waals surface area contributed by atoms with E-state index in [2.05, 4.69) is 28.2 Å². The molecule has 2 atom stereocenters. The van der Waals surface area contributed by atoms with Crippen molar-refractivity contribution in [2.24, 2.45) is 0 Å². The average Bonchev–Trinajstić information content (AvgIpc) is 2.80. The molecule has 1 saturated heterocycles. The van der Waals surface area contributed by atoms with Gasteiger partial charge < -0.3 is 5.32 Å². The molecule has 0 aromatic carbocycles. The molecule has 1 N–H and O–H groups in total. The normalized spacial score (nSPS) is 23.6. The number of halogens is 1. The first-order valence-electron chi connectivity index (χ1n) is 7.21. The minimum Gasteiger partial charge on any atom is -0.312 e. The van der Waals surface area contributed by atoms with Crippen LogP contribution in [0.3, 0.4) is 0 Å². The summed E-state index contributed by atoms with van der Waals surface area (Å²) >= 11 is 5.24. The molecule has 2 unspecified atom stereocenters. The van der Waals surface area contributed by atoms with Crippen molar-refractivity contribution in [1.82, 2.24) is 5.32 Å². The highest BCUT2D eigenvalue weighted by Gasteiger charge is 2.35. The van der Waals surface area contributed by atoms with E-state index >= 15 is 0 Å². The van der Waals surface area contributed by atoms with Crippen molar-refractivity contribution in [3.05, 3.63) is 20.8 Å². The van der Waals surface area contributed by atoms with Gasteiger partial charge >= 0.3 is 0 Å². The highest BCUT2D eigenvalue weighted by molar-refractivity contribution is 9.10. The molecule has 1 aromatic rings. The Morgan fingerprint density at radius 3 is 2.90 bits per heavy atom. The topological polar surface area (TPSA) is 46.2 Å². The predicted octanol–water partition coefficient (Wildman–Crippen LogP) is 3.39. The molecule has 2 heterocycles. The number of hydrogen-bond donors (Lipinski definition) is 1. The molecule has 0 saturated carbocycles. The van der Waals surface area contributed by atoms with Crippen molar-refractivity contribution in [3.8, 4) is 0 Å². The molecule has 0 amide bonds. The highest BCUT2D eigenvalue weighted by Crippen LogP contribution is 2.29. The Morgan fingerprint density at radius 2 is 2.30 bits per heavy atom. The van der Waals surface area contributed by atoms with E-state index in [0.717, 1.165) is 43.1 Å². The molecule has 1 aliphatic rings. The first-order chi connectivity index (χ1) is 9.54. The second kappa shape index (κ2) is 7.38. The quantitative estimate of drug-likeness (QED) is 0.823. The Morgan fingerprint density at radius 1 is 1.50 bits per heavy atom.